The van der Waals surface area contributed by atoms with Gasteiger partial charge in [-0.3, -0.25) is 9.59 Å². The second kappa shape index (κ2) is 5.58. The summed E-state index contributed by atoms with van der Waals surface area (Å²) in [6, 6.07) is 0. The predicted molar refractivity (Wildman–Crippen MR) is 77.1 cm³/mol. The van der Waals surface area contributed by atoms with Crippen molar-refractivity contribution < 1.29 is 14.7 Å². The molecule has 2 aliphatic rings. The summed E-state index contributed by atoms with van der Waals surface area (Å²) in [6.45, 7) is 6.22. The SMILES string of the molecule is CCC(CC)(CC)NC(=O)[C@H]1C2C=CC(C2)[C@H]1C(=O)O. The highest BCUT2D eigenvalue weighted by Gasteiger charge is 2.52. The molecule has 0 aromatic heterocycles. The summed E-state index contributed by atoms with van der Waals surface area (Å²) in [5, 5.41) is 12.6. The molecule has 112 valence electrons. The zero-order chi connectivity index (χ0) is 14.9. The molecular weight excluding hydrogens is 254 g/mol. The Labute approximate surface area is 120 Å². The van der Waals surface area contributed by atoms with Crippen LogP contribution in [0.1, 0.15) is 46.5 Å². The maximum Gasteiger partial charge on any atom is 0.307 e. The molecule has 2 bridgehead atoms. The first-order chi connectivity index (χ1) is 9.48. The maximum absolute atomic E-state index is 12.6. The van der Waals surface area contributed by atoms with E-state index in [9.17, 15) is 14.7 Å². The fraction of sp³-hybridized carbons (Fsp3) is 0.750. The lowest BCUT2D eigenvalue weighted by Crippen LogP contribution is -2.51. The smallest absolute Gasteiger partial charge is 0.307 e. The second-order valence-electron chi connectivity index (χ2n) is 6.17. The van der Waals surface area contributed by atoms with Crippen molar-refractivity contribution in [2.45, 2.75) is 52.0 Å². The number of nitrogens with one attached hydrogen (secondary N) is 1. The Kier molecular flexibility index (Phi) is 4.21. The Hall–Kier alpha value is -1.32. The number of fused-ring (bicyclic) bond motifs is 2. The van der Waals surface area contributed by atoms with Gasteiger partial charge in [0.25, 0.3) is 0 Å². The highest BCUT2D eigenvalue weighted by Crippen LogP contribution is 2.48. The largest absolute Gasteiger partial charge is 0.481 e. The van der Waals surface area contributed by atoms with Gasteiger partial charge in [-0.25, -0.2) is 0 Å². The van der Waals surface area contributed by atoms with Gasteiger partial charge in [-0.15, -0.1) is 0 Å². The average molecular weight is 279 g/mol. The molecule has 1 fully saturated rings. The Morgan fingerprint density at radius 2 is 1.60 bits per heavy atom. The van der Waals surface area contributed by atoms with Crippen LogP contribution in [0.2, 0.25) is 0 Å². The number of carboxylic acid groups (broad SMARTS) is 1. The van der Waals surface area contributed by atoms with E-state index in [4.69, 9.17) is 0 Å². The van der Waals surface area contributed by atoms with Crippen molar-refractivity contribution in [3.05, 3.63) is 12.2 Å². The number of rotatable bonds is 6. The highest BCUT2D eigenvalue weighted by molar-refractivity contribution is 5.87. The normalized spacial score (nSPS) is 31.6. The number of hydrogen-bond acceptors (Lipinski definition) is 2. The molecule has 4 nitrogen and oxygen atoms in total. The van der Waals surface area contributed by atoms with Crippen LogP contribution >= 0.6 is 0 Å². The molecule has 4 atom stereocenters. The highest BCUT2D eigenvalue weighted by atomic mass is 16.4. The molecule has 2 aliphatic carbocycles. The molecule has 0 radical (unpaired) electrons. The number of aliphatic carboxylic acids is 1. The summed E-state index contributed by atoms with van der Waals surface area (Å²) < 4.78 is 0. The Bertz CT molecular complexity index is 417. The number of allylic oxidation sites excluding steroid dienone is 2. The van der Waals surface area contributed by atoms with Crippen LogP contribution in [-0.2, 0) is 9.59 Å². The molecule has 2 rings (SSSR count). The summed E-state index contributed by atoms with van der Waals surface area (Å²) in [5.41, 5.74) is -0.189. The van der Waals surface area contributed by atoms with Crippen molar-refractivity contribution in [2.75, 3.05) is 0 Å². The van der Waals surface area contributed by atoms with Gasteiger partial charge < -0.3 is 10.4 Å². The van der Waals surface area contributed by atoms with E-state index in [1.807, 2.05) is 12.2 Å². The molecular formula is C16H25NO3. The molecule has 0 saturated heterocycles. The third-order valence-electron chi connectivity index (χ3n) is 5.47. The molecule has 0 aliphatic heterocycles. The van der Waals surface area contributed by atoms with Gasteiger partial charge in [0.15, 0.2) is 0 Å². The zero-order valence-corrected chi connectivity index (χ0v) is 12.6. The number of amides is 1. The monoisotopic (exact) mass is 279 g/mol. The van der Waals surface area contributed by atoms with E-state index < -0.39 is 17.8 Å². The quantitative estimate of drug-likeness (QED) is 0.734. The summed E-state index contributed by atoms with van der Waals surface area (Å²) in [7, 11) is 0. The third-order valence-corrected chi connectivity index (χ3v) is 5.47. The van der Waals surface area contributed by atoms with Crippen molar-refractivity contribution in [1.29, 1.82) is 0 Å². The van der Waals surface area contributed by atoms with Crippen LogP contribution in [0.4, 0.5) is 0 Å². The third kappa shape index (κ3) is 2.36. The van der Waals surface area contributed by atoms with Crippen LogP contribution in [0.15, 0.2) is 12.2 Å². The molecule has 0 aromatic carbocycles. The van der Waals surface area contributed by atoms with Crippen molar-refractivity contribution >= 4 is 11.9 Å². The van der Waals surface area contributed by atoms with Gasteiger partial charge in [-0.05, 0) is 37.5 Å². The Morgan fingerprint density at radius 3 is 2.05 bits per heavy atom. The maximum atomic E-state index is 12.6. The molecule has 1 amide bonds. The van der Waals surface area contributed by atoms with Crippen LogP contribution in [-0.4, -0.2) is 22.5 Å². The molecule has 0 aromatic rings. The lowest BCUT2D eigenvalue weighted by atomic mass is 9.81. The van der Waals surface area contributed by atoms with Crippen LogP contribution in [0, 0.1) is 23.7 Å². The van der Waals surface area contributed by atoms with E-state index >= 15 is 0 Å². The first kappa shape index (κ1) is 15.1. The minimum absolute atomic E-state index is 0.0347. The second-order valence-corrected chi connectivity index (χ2v) is 6.17. The lowest BCUT2D eigenvalue weighted by molar-refractivity contribution is -0.148. The van der Waals surface area contributed by atoms with Crippen molar-refractivity contribution in [2.24, 2.45) is 23.7 Å². The van der Waals surface area contributed by atoms with Gasteiger partial charge in [-0.1, -0.05) is 32.9 Å². The first-order valence-electron chi connectivity index (χ1n) is 7.71. The zero-order valence-electron chi connectivity index (χ0n) is 12.6. The van der Waals surface area contributed by atoms with Crippen molar-refractivity contribution in [3.8, 4) is 0 Å². The molecule has 0 heterocycles. The van der Waals surface area contributed by atoms with Crippen LogP contribution < -0.4 is 5.32 Å². The Morgan fingerprint density at radius 1 is 1.10 bits per heavy atom. The minimum atomic E-state index is -0.836. The van der Waals surface area contributed by atoms with E-state index in [-0.39, 0.29) is 23.3 Å². The topological polar surface area (TPSA) is 66.4 Å². The first-order valence-corrected chi connectivity index (χ1v) is 7.71. The molecule has 2 unspecified atom stereocenters. The van der Waals surface area contributed by atoms with E-state index in [1.54, 1.807) is 0 Å². The number of carbonyl (C=O) groups excluding carboxylic acids is 1. The molecule has 1 saturated carbocycles. The van der Waals surface area contributed by atoms with Crippen molar-refractivity contribution in [1.82, 2.24) is 5.32 Å². The standard InChI is InChI=1S/C16H25NO3/c1-4-16(5-2,6-3)17-14(18)12-10-7-8-11(9-10)13(12)15(19)20/h7-8,10-13H,4-6,9H2,1-3H3,(H,17,18)(H,19,20)/t10?,11?,12-,13+/m0/s1. The Balaban J connectivity index is 2.16. The number of hydrogen-bond donors (Lipinski definition) is 2. The van der Waals surface area contributed by atoms with Gasteiger partial charge in [0, 0.05) is 5.54 Å². The van der Waals surface area contributed by atoms with Gasteiger partial charge in [0.1, 0.15) is 0 Å². The lowest BCUT2D eigenvalue weighted by Gasteiger charge is -2.35. The van der Waals surface area contributed by atoms with Crippen molar-refractivity contribution in [3.63, 3.8) is 0 Å². The van der Waals surface area contributed by atoms with E-state index in [1.165, 1.54) is 0 Å². The summed E-state index contributed by atoms with van der Waals surface area (Å²) >= 11 is 0. The molecule has 2 N–H and O–H groups in total. The number of carbonyl (C=O) groups is 2. The van der Waals surface area contributed by atoms with Crippen LogP contribution in [0.3, 0.4) is 0 Å². The van der Waals surface area contributed by atoms with E-state index in [0.717, 1.165) is 25.7 Å². The fourth-order valence-corrected chi connectivity index (χ4v) is 3.88. The average Bonchev–Trinajstić information content (AvgIpc) is 3.05. The summed E-state index contributed by atoms with van der Waals surface area (Å²) in [4.78, 5) is 24.1. The summed E-state index contributed by atoms with van der Waals surface area (Å²) in [5.74, 6) is -1.71. The van der Waals surface area contributed by atoms with Gasteiger partial charge in [0.2, 0.25) is 5.91 Å². The van der Waals surface area contributed by atoms with Gasteiger partial charge in [-0.2, -0.15) is 0 Å². The minimum Gasteiger partial charge on any atom is -0.481 e. The molecule has 0 spiro atoms. The van der Waals surface area contributed by atoms with Crippen LogP contribution in [0.25, 0.3) is 0 Å². The van der Waals surface area contributed by atoms with Crippen LogP contribution in [0.5, 0.6) is 0 Å². The summed E-state index contributed by atoms with van der Waals surface area (Å²) in [6.07, 6.45) is 7.44. The molecule has 4 heteroatoms. The predicted octanol–water partition coefficient (Wildman–Crippen LogP) is 2.59. The number of carboxylic acids is 1. The molecule has 20 heavy (non-hydrogen) atoms. The van der Waals surface area contributed by atoms with E-state index in [2.05, 4.69) is 26.1 Å². The van der Waals surface area contributed by atoms with Gasteiger partial charge in [0.05, 0.1) is 11.8 Å². The van der Waals surface area contributed by atoms with Gasteiger partial charge >= 0.3 is 5.97 Å². The van der Waals surface area contributed by atoms with E-state index in [0.29, 0.717) is 0 Å². The fourth-order valence-electron chi connectivity index (χ4n) is 3.88.